The Morgan fingerprint density at radius 3 is 2.14 bits per heavy atom. The van der Waals surface area contributed by atoms with E-state index in [0.29, 0.717) is 22.6 Å². The summed E-state index contributed by atoms with van der Waals surface area (Å²) in [6.45, 7) is 12.8. The smallest absolute Gasteiger partial charge is 0.336 e. The monoisotopic (exact) mass is 598 g/mol. The van der Waals surface area contributed by atoms with Gasteiger partial charge in [-0.3, -0.25) is 0 Å². The third-order valence-corrected chi connectivity index (χ3v) is 9.16. The quantitative estimate of drug-likeness (QED) is 0.352. The molecule has 3 aliphatic rings. The summed E-state index contributed by atoms with van der Waals surface area (Å²) >= 11 is 0. The standard InChI is InChI=1S/C35H34N2O5.ClH/c1-18-16-34(3,4)36(7)27-14-29-25(12-22(18)27)31(21-10-9-20(32(38)39)11-24(21)33(40)41)26-13-23-19(2)17-35(5,6)37(8)28(23)15-30(26)42-29;/h9-17H,1-8H3,(H-,38,39,40,41);1H. The van der Waals surface area contributed by atoms with Gasteiger partial charge < -0.3 is 32.3 Å². The Labute approximate surface area is 257 Å². The second-order valence-electron chi connectivity index (χ2n) is 12.7. The molecule has 2 N–H and O–H groups in total. The van der Waals surface area contributed by atoms with E-state index < -0.39 is 11.9 Å². The molecule has 0 unspecified atom stereocenters. The summed E-state index contributed by atoms with van der Waals surface area (Å²) in [4.78, 5) is 26.6. The summed E-state index contributed by atoms with van der Waals surface area (Å²) < 4.78 is 8.89. The number of ether oxygens (including phenoxy) is 1. The zero-order chi connectivity index (χ0) is 30.5. The number of benzene rings is 3. The van der Waals surface area contributed by atoms with Crippen LogP contribution in [0.4, 0.5) is 5.69 Å². The lowest BCUT2D eigenvalue weighted by Crippen LogP contribution is -3.00. The zero-order valence-corrected chi connectivity index (χ0v) is 26.3. The Balaban J connectivity index is 0.00000368. The van der Waals surface area contributed by atoms with Crippen molar-refractivity contribution < 1.29 is 36.9 Å². The summed E-state index contributed by atoms with van der Waals surface area (Å²) in [5, 5.41) is 21.7. The number of rotatable bonds is 3. The number of halogens is 1. The molecular formula is C35H35ClN2O5. The summed E-state index contributed by atoms with van der Waals surface area (Å²) in [7, 11) is 4.12. The number of aromatic carboxylic acids is 2. The number of allylic oxidation sites excluding steroid dienone is 2. The SMILES string of the molecule is CC1=CC(C)(C)N(C)c2cc3c(cc21)C(c1ccc(C(=O)O)cc1C(=O)O)=c1cc2c(cc1O3)=[N+](C)C(C)(C)C=C2C.[Cl-]. The molecule has 7 nitrogen and oxygen atoms in total. The molecule has 3 aromatic rings. The molecular weight excluding hydrogens is 564 g/mol. The van der Waals surface area contributed by atoms with E-state index >= 15 is 0 Å². The average molecular weight is 599 g/mol. The van der Waals surface area contributed by atoms with Gasteiger partial charge in [0.1, 0.15) is 18.5 Å². The molecule has 0 bridgehead atoms. The van der Waals surface area contributed by atoms with Crippen LogP contribution >= 0.6 is 0 Å². The highest BCUT2D eigenvalue weighted by molar-refractivity contribution is 6.02. The van der Waals surface area contributed by atoms with E-state index in [-0.39, 0.29) is 34.6 Å². The lowest BCUT2D eigenvalue weighted by atomic mass is 9.83. The zero-order valence-electron chi connectivity index (χ0n) is 25.6. The number of likely N-dealkylation sites (N-methyl/N-ethyl adjacent to an activating group) is 2. The Kier molecular flexibility index (Phi) is 6.89. The van der Waals surface area contributed by atoms with Crippen molar-refractivity contribution in [2.24, 2.45) is 0 Å². The first-order valence-electron chi connectivity index (χ1n) is 14.0. The van der Waals surface area contributed by atoms with Crippen LogP contribution in [0.3, 0.4) is 0 Å². The fourth-order valence-electron chi connectivity index (χ4n) is 6.54. The molecule has 3 aliphatic heterocycles. The van der Waals surface area contributed by atoms with Crippen LogP contribution in [0.5, 0.6) is 11.5 Å². The van der Waals surface area contributed by atoms with Gasteiger partial charge in [0.05, 0.1) is 22.7 Å². The molecule has 6 rings (SSSR count). The molecule has 0 aliphatic carbocycles. The third-order valence-electron chi connectivity index (χ3n) is 9.16. The van der Waals surface area contributed by atoms with Crippen molar-refractivity contribution in [3.8, 4) is 11.5 Å². The van der Waals surface area contributed by atoms with Crippen molar-refractivity contribution in [1.29, 1.82) is 0 Å². The highest BCUT2D eigenvalue weighted by Crippen LogP contribution is 2.46. The fraction of sp³-hybridized carbons (Fsp3) is 0.286. The van der Waals surface area contributed by atoms with E-state index in [1.54, 1.807) is 6.07 Å². The number of carboxylic acids is 2. The van der Waals surface area contributed by atoms with Gasteiger partial charge in [-0.2, -0.15) is 0 Å². The number of carbonyl (C=O) groups is 2. The lowest BCUT2D eigenvalue weighted by Gasteiger charge is -2.41. The predicted octanol–water partition coefficient (Wildman–Crippen LogP) is 2.39. The minimum Gasteiger partial charge on any atom is -1.00 e. The first kappa shape index (κ1) is 30.1. The van der Waals surface area contributed by atoms with Crippen LogP contribution in [-0.4, -0.2) is 47.3 Å². The van der Waals surface area contributed by atoms with Crippen LogP contribution in [0.15, 0.2) is 54.6 Å². The molecule has 0 spiro atoms. The van der Waals surface area contributed by atoms with Crippen molar-refractivity contribution in [2.75, 3.05) is 19.0 Å². The molecule has 3 heterocycles. The maximum absolute atomic E-state index is 12.6. The van der Waals surface area contributed by atoms with Gasteiger partial charge in [-0.1, -0.05) is 12.1 Å². The molecule has 3 aromatic carbocycles. The van der Waals surface area contributed by atoms with Gasteiger partial charge >= 0.3 is 11.9 Å². The van der Waals surface area contributed by atoms with E-state index in [1.165, 1.54) is 12.1 Å². The molecule has 0 radical (unpaired) electrons. The number of anilines is 1. The van der Waals surface area contributed by atoms with Crippen LogP contribution in [-0.2, 0) is 0 Å². The van der Waals surface area contributed by atoms with Crippen LogP contribution < -0.4 is 37.2 Å². The van der Waals surface area contributed by atoms with Gasteiger partial charge in [0, 0.05) is 60.1 Å². The number of hydrogen-bond acceptors (Lipinski definition) is 4. The van der Waals surface area contributed by atoms with Crippen LogP contribution in [0, 0.1) is 0 Å². The molecule has 0 saturated heterocycles. The second kappa shape index (κ2) is 9.85. The van der Waals surface area contributed by atoms with Gasteiger partial charge in [-0.15, -0.1) is 0 Å². The number of hydrogen-bond donors (Lipinski definition) is 2. The van der Waals surface area contributed by atoms with E-state index in [1.807, 2.05) is 12.1 Å². The predicted molar refractivity (Wildman–Crippen MR) is 165 cm³/mol. The number of carboxylic acid groups (broad SMARTS) is 2. The number of fused-ring (bicyclic) bond motifs is 4. The lowest BCUT2D eigenvalue weighted by molar-refractivity contribution is -0.0000403. The normalized spacial score (nSPS) is 17.3. The molecule has 0 fully saturated rings. The Hall–Kier alpha value is -4.36. The van der Waals surface area contributed by atoms with Crippen LogP contribution in [0.25, 0.3) is 16.7 Å². The summed E-state index contributed by atoms with van der Waals surface area (Å²) in [5.41, 5.74) is 6.68. The first-order chi connectivity index (χ1) is 19.6. The largest absolute Gasteiger partial charge is 1.00 e. The van der Waals surface area contributed by atoms with Crippen molar-refractivity contribution in [1.82, 2.24) is 4.58 Å². The van der Waals surface area contributed by atoms with Gasteiger partial charge in [0.25, 0.3) is 0 Å². The van der Waals surface area contributed by atoms with Crippen molar-refractivity contribution >= 4 is 34.3 Å². The van der Waals surface area contributed by atoms with Crippen LogP contribution in [0.1, 0.15) is 84.5 Å². The third kappa shape index (κ3) is 4.54. The molecule has 222 valence electrons. The molecule has 8 heteroatoms. The fourth-order valence-corrected chi connectivity index (χ4v) is 6.54. The van der Waals surface area contributed by atoms with Gasteiger partial charge in [-0.25, -0.2) is 14.2 Å². The molecule has 43 heavy (non-hydrogen) atoms. The molecule has 0 amide bonds. The Morgan fingerprint density at radius 1 is 0.814 bits per heavy atom. The minimum atomic E-state index is -1.19. The van der Waals surface area contributed by atoms with E-state index in [4.69, 9.17) is 4.74 Å². The van der Waals surface area contributed by atoms with Crippen molar-refractivity contribution in [3.63, 3.8) is 0 Å². The van der Waals surface area contributed by atoms with E-state index in [0.717, 1.165) is 44.1 Å². The maximum atomic E-state index is 12.6. The first-order valence-corrected chi connectivity index (χ1v) is 14.0. The van der Waals surface area contributed by atoms with Gasteiger partial charge in [0.2, 0.25) is 5.36 Å². The average Bonchev–Trinajstić information content (AvgIpc) is 2.91. The second-order valence-corrected chi connectivity index (χ2v) is 12.7. The molecule has 0 aromatic heterocycles. The Bertz CT molecular complexity index is 1970. The van der Waals surface area contributed by atoms with Gasteiger partial charge in [-0.05, 0) is 74.7 Å². The van der Waals surface area contributed by atoms with E-state index in [2.05, 4.69) is 89.4 Å². The maximum Gasteiger partial charge on any atom is 0.336 e. The highest BCUT2D eigenvalue weighted by Gasteiger charge is 2.35. The van der Waals surface area contributed by atoms with Crippen molar-refractivity contribution in [2.45, 2.75) is 52.6 Å². The topological polar surface area (TPSA) is 90.1 Å². The summed E-state index contributed by atoms with van der Waals surface area (Å²) in [6.07, 6.45) is 4.46. The summed E-state index contributed by atoms with van der Waals surface area (Å²) in [6, 6.07) is 12.5. The summed E-state index contributed by atoms with van der Waals surface area (Å²) in [5.74, 6) is -1.13. The highest BCUT2D eigenvalue weighted by atomic mass is 35.5. The minimum absolute atomic E-state index is 0. The van der Waals surface area contributed by atoms with Crippen molar-refractivity contribution in [3.05, 3.63) is 98.6 Å². The van der Waals surface area contributed by atoms with E-state index in [9.17, 15) is 19.8 Å². The molecule has 0 saturated carbocycles. The molecule has 0 atom stereocenters. The van der Waals surface area contributed by atoms with Gasteiger partial charge in [0.15, 0.2) is 5.54 Å². The van der Waals surface area contributed by atoms with Crippen LogP contribution in [0.2, 0.25) is 0 Å². The Morgan fingerprint density at radius 2 is 1.49 bits per heavy atom. The number of nitrogens with zero attached hydrogens (tertiary/aromatic N) is 2.